The Kier molecular flexibility index (Phi) is 6.84. The Bertz CT molecular complexity index is 299. The molecule has 5 heteroatoms. The van der Waals surface area contributed by atoms with Gasteiger partial charge < -0.3 is 15.7 Å². The minimum absolute atomic E-state index is 0.0435. The molecule has 110 valence electrons. The van der Waals surface area contributed by atoms with Gasteiger partial charge in [-0.1, -0.05) is 12.8 Å². The van der Waals surface area contributed by atoms with E-state index in [0.717, 1.165) is 25.7 Å². The van der Waals surface area contributed by atoms with E-state index in [1.165, 1.54) is 0 Å². The van der Waals surface area contributed by atoms with E-state index < -0.39 is 6.10 Å². The molecule has 0 saturated heterocycles. The predicted molar refractivity (Wildman–Crippen MR) is 73.5 cm³/mol. The molecule has 0 spiro atoms. The maximum atomic E-state index is 11.7. The van der Waals surface area contributed by atoms with Crippen molar-refractivity contribution in [1.29, 1.82) is 0 Å². The van der Waals surface area contributed by atoms with Crippen LogP contribution in [-0.2, 0) is 9.59 Å². The van der Waals surface area contributed by atoms with E-state index in [9.17, 15) is 14.7 Å². The third-order valence-electron chi connectivity index (χ3n) is 3.48. The van der Waals surface area contributed by atoms with E-state index in [2.05, 4.69) is 10.6 Å². The lowest BCUT2D eigenvalue weighted by Crippen LogP contribution is -2.37. The summed E-state index contributed by atoms with van der Waals surface area (Å²) in [7, 11) is 0. The molecule has 19 heavy (non-hydrogen) atoms. The van der Waals surface area contributed by atoms with Crippen molar-refractivity contribution in [3.63, 3.8) is 0 Å². The van der Waals surface area contributed by atoms with Crippen LogP contribution in [0.25, 0.3) is 0 Å². The van der Waals surface area contributed by atoms with E-state index in [-0.39, 0.29) is 23.8 Å². The number of hydrogen-bond donors (Lipinski definition) is 3. The summed E-state index contributed by atoms with van der Waals surface area (Å²) in [6, 6.07) is -0.0435. The molecule has 5 nitrogen and oxygen atoms in total. The van der Waals surface area contributed by atoms with E-state index in [4.69, 9.17) is 0 Å². The summed E-state index contributed by atoms with van der Waals surface area (Å²) < 4.78 is 0. The summed E-state index contributed by atoms with van der Waals surface area (Å²) in [6.45, 7) is 3.95. The van der Waals surface area contributed by atoms with Crippen LogP contribution in [0.15, 0.2) is 0 Å². The van der Waals surface area contributed by atoms with Gasteiger partial charge in [0.05, 0.1) is 6.10 Å². The molecular weight excluding hydrogens is 244 g/mol. The summed E-state index contributed by atoms with van der Waals surface area (Å²) in [5, 5.41) is 14.8. The van der Waals surface area contributed by atoms with Crippen LogP contribution >= 0.6 is 0 Å². The smallest absolute Gasteiger partial charge is 0.223 e. The van der Waals surface area contributed by atoms with E-state index in [1.807, 2.05) is 6.92 Å². The van der Waals surface area contributed by atoms with Gasteiger partial charge in [-0.2, -0.15) is 0 Å². The molecule has 2 unspecified atom stereocenters. The second kappa shape index (κ2) is 8.15. The van der Waals surface area contributed by atoms with Gasteiger partial charge in [-0.25, -0.2) is 0 Å². The van der Waals surface area contributed by atoms with Crippen molar-refractivity contribution in [3.8, 4) is 0 Å². The minimum atomic E-state index is -0.419. The zero-order valence-electron chi connectivity index (χ0n) is 11.9. The lowest BCUT2D eigenvalue weighted by molar-refractivity contribution is -0.125. The van der Waals surface area contributed by atoms with Crippen LogP contribution in [0.3, 0.4) is 0 Å². The Morgan fingerprint density at radius 1 is 1.26 bits per heavy atom. The molecule has 1 aliphatic rings. The van der Waals surface area contributed by atoms with Gasteiger partial charge in [0.2, 0.25) is 11.8 Å². The second-order valence-corrected chi connectivity index (χ2v) is 5.58. The fourth-order valence-electron chi connectivity index (χ4n) is 2.55. The van der Waals surface area contributed by atoms with Crippen molar-refractivity contribution in [2.75, 3.05) is 6.54 Å². The van der Waals surface area contributed by atoms with Crippen molar-refractivity contribution in [2.45, 2.75) is 64.5 Å². The molecule has 0 radical (unpaired) electrons. The molecule has 1 aliphatic carbocycles. The van der Waals surface area contributed by atoms with Gasteiger partial charge in [0.25, 0.3) is 0 Å². The molecule has 1 saturated carbocycles. The largest absolute Gasteiger partial charge is 0.393 e. The maximum absolute atomic E-state index is 11.7. The molecular formula is C14H26N2O3. The van der Waals surface area contributed by atoms with Crippen molar-refractivity contribution in [1.82, 2.24) is 10.6 Å². The van der Waals surface area contributed by atoms with Crippen LogP contribution < -0.4 is 10.6 Å². The molecule has 1 fully saturated rings. The van der Waals surface area contributed by atoms with Gasteiger partial charge in [-0.3, -0.25) is 9.59 Å². The number of aliphatic hydroxyl groups excluding tert-OH is 1. The Hall–Kier alpha value is -1.10. The number of aliphatic hydroxyl groups is 1. The van der Waals surface area contributed by atoms with Gasteiger partial charge in [0.1, 0.15) is 0 Å². The maximum Gasteiger partial charge on any atom is 0.223 e. The molecule has 0 bridgehead atoms. The van der Waals surface area contributed by atoms with Crippen molar-refractivity contribution in [2.24, 2.45) is 5.92 Å². The van der Waals surface area contributed by atoms with Crippen molar-refractivity contribution < 1.29 is 14.7 Å². The zero-order valence-corrected chi connectivity index (χ0v) is 11.9. The average Bonchev–Trinajstić information content (AvgIpc) is 2.80. The van der Waals surface area contributed by atoms with Crippen LogP contribution in [0, 0.1) is 5.92 Å². The normalized spacial score (nSPS) is 18.9. The predicted octanol–water partition coefficient (Wildman–Crippen LogP) is 0.958. The summed E-state index contributed by atoms with van der Waals surface area (Å²) in [5.41, 5.74) is 0. The highest BCUT2D eigenvalue weighted by Crippen LogP contribution is 2.24. The molecule has 0 aromatic carbocycles. The fraction of sp³-hybridized carbons (Fsp3) is 0.857. The zero-order chi connectivity index (χ0) is 14.3. The van der Waals surface area contributed by atoms with Crippen LogP contribution in [0.4, 0.5) is 0 Å². The van der Waals surface area contributed by atoms with Gasteiger partial charge in [0.15, 0.2) is 0 Å². The molecule has 0 aromatic heterocycles. The van der Waals surface area contributed by atoms with E-state index in [0.29, 0.717) is 19.4 Å². The Morgan fingerprint density at radius 2 is 1.89 bits per heavy atom. The van der Waals surface area contributed by atoms with Gasteiger partial charge in [-0.15, -0.1) is 0 Å². The Balaban J connectivity index is 2.11. The Labute approximate surface area is 115 Å². The lowest BCUT2D eigenvalue weighted by Gasteiger charge is -2.15. The molecule has 2 amide bonds. The standard InChI is InChI=1S/C14H26N2O3/c1-10(9-11(2)17)16-13(18)7-8-15-14(19)12-5-3-4-6-12/h10-12,17H,3-9H2,1-2H3,(H,15,19)(H,16,18). The highest BCUT2D eigenvalue weighted by molar-refractivity contribution is 5.80. The summed E-state index contributed by atoms with van der Waals surface area (Å²) in [4.78, 5) is 23.3. The number of carbonyl (C=O) groups is 2. The first-order valence-corrected chi connectivity index (χ1v) is 7.24. The first-order valence-electron chi connectivity index (χ1n) is 7.24. The van der Waals surface area contributed by atoms with Gasteiger partial charge >= 0.3 is 0 Å². The quantitative estimate of drug-likeness (QED) is 0.644. The number of rotatable bonds is 7. The van der Waals surface area contributed by atoms with Gasteiger partial charge in [0, 0.05) is 24.9 Å². The lowest BCUT2D eigenvalue weighted by atomic mass is 10.1. The van der Waals surface area contributed by atoms with Crippen LogP contribution in [0.2, 0.25) is 0 Å². The van der Waals surface area contributed by atoms with Gasteiger partial charge in [-0.05, 0) is 33.1 Å². The van der Waals surface area contributed by atoms with E-state index >= 15 is 0 Å². The first kappa shape index (κ1) is 16.0. The summed E-state index contributed by atoms with van der Waals surface area (Å²) in [5.74, 6) is 0.152. The van der Waals surface area contributed by atoms with E-state index in [1.54, 1.807) is 6.92 Å². The number of nitrogens with one attached hydrogen (secondary N) is 2. The third kappa shape index (κ3) is 6.57. The molecule has 0 aromatic rings. The number of carbonyl (C=O) groups excluding carboxylic acids is 2. The highest BCUT2D eigenvalue weighted by atomic mass is 16.3. The SMILES string of the molecule is CC(O)CC(C)NC(=O)CCNC(=O)C1CCCC1. The Morgan fingerprint density at radius 3 is 2.47 bits per heavy atom. The number of amides is 2. The molecule has 1 rings (SSSR count). The van der Waals surface area contributed by atoms with Crippen molar-refractivity contribution in [3.05, 3.63) is 0 Å². The molecule has 0 heterocycles. The van der Waals surface area contributed by atoms with Crippen LogP contribution in [-0.4, -0.2) is 35.6 Å². The molecule has 0 aliphatic heterocycles. The summed E-state index contributed by atoms with van der Waals surface area (Å²) >= 11 is 0. The monoisotopic (exact) mass is 270 g/mol. The fourth-order valence-corrected chi connectivity index (χ4v) is 2.55. The third-order valence-corrected chi connectivity index (χ3v) is 3.48. The molecule has 3 N–H and O–H groups in total. The summed E-state index contributed by atoms with van der Waals surface area (Å²) in [6.07, 6.45) is 4.64. The van der Waals surface area contributed by atoms with Crippen molar-refractivity contribution >= 4 is 11.8 Å². The topological polar surface area (TPSA) is 78.4 Å². The molecule has 2 atom stereocenters. The average molecular weight is 270 g/mol. The highest BCUT2D eigenvalue weighted by Gasteiger charge is 2.22. The van der Waals surface area contributed by atoms with Crippen LogP contribution in [0.5, 0.6) is 0 Å². The second-order valence-electron chi connectivity index (χ2n) is 5.58. The first-order chi connectivity index (χ1) is 8.99. The number of hydrogen-bond acceptors (Lipinski definition) is 3. The minimum Gasteiger partial charge on any atom is -0.393 e. The van der Waals surface area contributed by atoms with Crippen LogP contribution in [0.1, 0.15) is 52.4 Å².